The van der Waals surface area contributed by atoms with Gasteiger partial charge >= 0.3 is 0 Å². The molecule has 0 saturated carbocycles. The molecule has 0 aliphatic carbocycles. The van der Waals surface area contributed by atoms with E-state index >= 15 is 0 Å². The van der Waals surface area contributed by atoms with Gasteiger partial charge in [-0.05, 0) is 12.5 Å². The number of hydrogen-bond acceptors (Lipinski definition) is 2. The standard InChI is InChI=1S/C9H16O.H3N/c1-3-5-6-7-8-9(10)4-2;/h4H,2-3,5-8H2,1H3;1H3. The molecule has 0 aliphatic rings. The van der Waals surface area contributed by atoms with Crippen LogP contribution in [-0.4, -0.2) is 5.78 Å². The second-order valence-corrected chi connectivity index (χ2v) is 2.48. The van der Waals surface area contributed by atoms with Gasteiger partial charge in [-0.25, -0.2) is 0 Å². The van der Waals surface area contributed by atoms with Crippen LogP contribution in [0, 0.1) is 0 Å². The van der Waals surface area contributed by atoms with E-state index in [1.807, 2.05) is 0 Å². The number of carbonyl (C=O) groups is 1. The van der Waals surface area contributed by atoms with E-state index in [-0.39, 0.29) is 11.9 Å². The monoisotopic (exact) mass is 157 g/mol. The Balaban J connectivity index is 0. The van der Waals surface area contributed by atoms with E-state index in [0.717, 1.165) is 6.42 Å². The summed E-state index contributed by atoms with van der Waals surface area (Å²) in [5, 5.41) is 0. The normalized spacial score (nSPS) is 8.45. The van der Waals surface area contributed by atoms with Crippen LogP contribution in [0.5, 0.6) is 0 Å². The van der Waals surface area contributed by atoms with Crippen molar-refractivity contribution in [2.75, 3.05) is 0 Å². The van der Waals surface area contributed by atoms with Crippen molar-refractivity contribution in [3.8, 4) is 0 Å². The van der Waals surface area contributed by atoms with E-state index in [1.54, 1.807) is 0 Å². The van der Waals surface area contributed by atoms with Gasteiger partial charge in [-0.1, -0.05) is 32.8 Å². The molecule has 0 fully saturated rings. The van der Waals surface area contributed by atoms with Crippen molar-refractivity contribution < 1.29 is 4.79 Å². The molecule has 0 aromatic carbocycles. The van der Waals surface area contributed by atoms with Gasteiger partial charge in [-0.2, -0.15) is 0 Å². The molecule has 0 aromatic heterocycles. The average molecular weight is 157 g/mol. The fraction of sp³-hybridized carbons (Fsp3) is 0.667. The van der Waals surface area contributed by atoms with Crippen molar-refractivity contribution >= 4 is 5.78 Å². The number of unbranched alkanes of at least 4 members (excludes halogenated alkanes) is 3. The van der Waals surface area contributed by atoms with Gasteiger partial charge in [0.1, 0.15) is 0 Å². The SMILES string of the molecule is C=CC(=O)CCCCCC.N. The molecule has 11 heavy (non-hydrogen) atoms. The van der Waals surface area contributed by atoms with Crippen molar-refractivity contribution in [1.29, 1.82) is 0 Å². The minimum atomic E-state index is 0. The largest absolute Gasteiger partial charge is 0.344 e. The first-order chi connectivity index (χ1) is 4.81. The number of hydrogen-bond donors (Lipinski definition) is 1. The molecular formula is C9H19NO. The van der Waals surface area contributed by atoms with Crippen LogP contribution in [0.15, 0.2) is 12.7 Å². The van der Waals surface area contributed by atoms with E-state index in [4.69, 9.17) is 0 Å². The van der Waals surface area contributed by atoms with E-state index in [9.17, 15) is 4.79 Å². The maximum atomic E-state index is 10.7. The van der Waals surface area contributed by atoms with Crippen LogP contribution in [0.25, 0.3) is 0 Å². The quantitative estimate of drug-likeness (QED) is 0.476. The molecule has 0 atom stereocenters. The molecular weight excluding hydrogens is 138 g/mol. The molecule has 0 saturated heterocycles. The third kappa shape index (κ3) is 9.37. The number of allylic oxidation sites excluding steroid dienone is 1. The maximum Gasteiger partial charge on any atom is 0.155 e. The summed E-state index contributed by atoms with van der Waals surface area (Å²) in [4.78, 5) is 10.7. The highest BCUT2D eigenvalue weighted by Gasteiger charge is 1.93. The van der Waals surface area contributed by atoms with Crippen LogP contribution >= 0.6 is 0 Å². The molecule has 0 aromatic rings. The number of rotatable bonds is 6. The summed E-state index contributed by atoms with van der Waals surface area (Å²) in [6, 6.07) is 0. The summed E-state index contributed by atoms with van der Waals surface area (Å²) in [5.41, 5.74) is 0. The van der Waals surface area contributed by atoms with Gasteiger partial charge in [0.15, 0.2) is 5.78 Å². The molecule has 0 unspecified atom stereocenters. The molecule has 3 N–H and O–H groups in total. The lowest BCUT2D eigenvalue weighted by molar-refractivity contribution is -0.114. The summed E-state index contributed by atoms with van der Waals surface area (Å²) in [6.07, 6.45) is 6.76. The van der Waals surface area contributed by atoms with Crippen molar-refractivity contribution in [3.63, 3.8) is 0 Å². The molecule has 2 nitrogen and oxygen atoms in total. The molecule has 0 radical (unpaired) electrons. The first-order valence-corrected chi connectivity index (χ1v) is 3.96. The summed E-state index contributed by atoms with van der Waals surface area (Å²) >= 11 is 0. The third-order valence-corrected chi connectivity index (χ3v) is 1.50. The topological polar surface area (TPSA) is 52.1 Å². The predicted molar refractivity (Wildman–Crippen MR) is 49.0 cm³/mol. The highest BCUT2D eigenvalue weighted by molar-refractivity contribution is 5.88. The van der Waals surface area contributed by atoms with E-state index in [0.29, 0.717) is 6.42 Å². The maximum absolute atomic E-state index is 10.7. The molecule has 0 rings (SSSR count). The third-order valence-electron chi connectivity index (χ3n) is 1.50. The van der Waals surface area contributed by atoms with Gasteiger partial charge in [0.05, 0.1) is 0 Å². The predicted octanol–water partition coefficient (Wildman–Crippen LogP) is 2.87. The second-order valence-electron chi connectivity index (χ2n) is 2.48. The van der Waals surface area contributed by atoms with E-state index in [2.05, 4.69) is 13.5 Å². The van der Waals surface area contributed by atoms with Gasteiger partial charge < -0.3 is 6.15 Å². The Morgan fingerprint density at radius 1 is 1.36 bits per heavy atom. The zero-order valence-electron chi connectivity index (χ0n) is 7.44. The molecule has 0 spiro atoms. The van der Waals surface area contributed by atoms with Gasteiger partial charge in [0.25, 0.3) is 0 Å². The Bertz CT molecular complexity index is 110. The van der Waals surface area contributed by atoms with Crippen LogP contribution in [0.3, 0.4) is 0 Å². The van der Waals surface area contributed by atoms with Crippen molar-refractivity contribution in [1.82, 2.24) is 6.15 Å². The summed E-state index contributed by atoms with van der Waals surface area (Å²) in [5.74, 6) is 0.177. The van der Waals surface area contributed by atoms with Crippen LogP contribution in [0.1, 0.15) is 39.0 Å². The van der Waals surface area contributed by atoms with E-state index < -0.39 is 0 Å². The second kappa shape index (κ2) is 9.37. The average Bonchev–Trinajstić information content (AvgIpc) is 1.98. The molecule has 0 aliphatic heterocycles. The lowest BCUT2D eigenvalue weighted by atomic mass is 10.1. The lowest BCUT2D eigenvalue weighted by Gasteiger charge is -1.94. The Hall–Kier alpha value is -0.630. The summed E-state index contributed by atoms with van der Waals surface area (Å²) < 4.78 is 0. The zero-order chi connectivity index (χ0) is 7.82. The van der Waals surface area contributed by atoms with Crippen molar-refractivity contribution in [2.45, 2.75) is 39.0 Å². The Kier molecular flexibility index (Phi) is 11.1. The summed E-state index contributed by atoms with van der Waals surface area (Å²) in [6.45, 7) is 5.57. The van der Waals surface area contributed by atoms with Crippen LogP contribution < -0.4 is 6.15 Å². The van der Waals surface area contributed by atoms with Gasteiger partial charge in [-0.15, -0.1) is 0 Å². The minimum Gasteiger partial charge on any atom is -0.344 e. The van der Waals surface area contributed by atoms with Crippen molar-refractivity contribution in [3.05, 3.63) is 12.7 Å². The van der Waals surface area contributed by atoms with Crippen LogP contribution in [-0.2, 0) is 4.79 Å². The molecule has 0 amide bonds. The highest BCUT2D eigenvalue weighted by atomic mass is 16.1. The smallest absolute Gasteiger partial charge is 0.155 e. The minimum absolute atomic E-state index is 0. The van der Waals surface area contributed by atoms with Crippen molar-refractivity contribution in [2.24, 2.45) is 0 Å². The summed E-state index contributed by atoms with van der Waals surface area (Å²) in [7, 11) is 0. The number of carbonyl (C=O) groups excluding carboxylic acids is 1. The first-order valence-electron chi connectivity index (χ1n) is 3.96. The van der Waals surface area contributed by atoms with Gasteiger partial charge in [0.2, 0.25) is 0 Å². The molecule has 0 bridgehead atoms. The lowest BCUT2D eigenvalue weighted by Crippen LogP contribution is -1.90. The fourth-order valence-corrected chi connectivity index (χ4v) is 0.828. The Morgan fingerprint density at radius 2 is 2.00 bits per heavy atom. The fourth-order valence-electron chi connectivity index (χ4n) is 0.828. The molecule has 0 heterocycles. The zero-order valence-corrected chi connectivity index (χ0v) is 7.44. The van der Waals surface area contributed by atoms with Crippen LogP contribution in [0.2, 0.25) is 0 Å². The number of ketones is 1. The first kappa shape index (κ1) is 13.0. The molecule has 66 valence electrons. The van der Waals surface area contributed by atoms with Crippen LogP contribution in [0.4, 0.5) is 0 Å². The van der Waals surface area contributed by atoms with Gasteiger partial charge in [0, 0.05) is 6.42 Å². The van der Waals surface area contributed by atoms with E-state index in [1.165, 1.54) is 25.3 Å². The van der Waals surface area contributed by atoms with Gasteiger partial charge in [-0.3, -0.25) is 4.79 Å². The molecule has 2 heteroatoms. The highest BCUT2D eigenvalue weighted by Crippen LogP contribution is 2.02. The Labute approximate surface area is 69.3 Å². The Morgan fingerprint density at radius 3 is 2.45 bits per heavy atom.